The van der Waals surface area contributed by atoms with Gasteiger partial charge in [-0.1, -0.05) is 55.5 Å². The highest BCUT2D eigenvalue weighted by Crippen LogP contribution is 2.34. The lowest BCUT2D eigenvalue weighted by Gasteiger charge is -2.32. The Bertz CT molecular complexity index is 1850. The molecule has 3 aromatic rings. The maximum Gasteiger partial charge on any atom is 0.404 e. The SMILES string of the molecule is CC(C)(O)c1cnnn1[C@H]1C[C@@H](C(=O)NC(CCCCNC(=O)O)C(=O)C(N)=O)N(C(=O)C(CC2CCCCC2)NC(=O)c2ccnc3ccccc23)C1. The molecule has 7 N–H and O–H groups in total. The molecular formula is C37H49N9O8. The second-order valence-electron chi connectivity index (χ2n) is 14.7. The van der Waals surface area contributed by atoms with Crippen LogP contribution in [0.1, 0.15) is 100 Å². The van der Waals surface area contributed by atoms with Crippen LogP contribution in [0.25, 0.3) is 10.9 Å². The minimum absolute atomic E-state index is 0.00884. The number of primary amides is 1. The molecule has 3 heterocycles. The van der Waals surface area contributed by atoms with Gasteiger partial charge in [0.25, 0.3) is 11.8 Å². The highest BCUT2D eigenvalue weighted by molar-refractivity contribution is 6.37. The molecule has 1 saturated carbocycles. The number of nitrogens with zero attached hydrogens (tertiary/aromatic N) is 5. The van der Waals surface area contributed by atoms with Crippen LogP contribution in [0, 0.1) is 5.92 Å². The van der Waals surface area contributed by atoms with E-state index in [1.54, 1.807) is 38.1 Å². The van der Waals surface area contributed by atoms with Crippen LogP contribution < -0.4 is 21.7 Å². The number of aliphatic hydroxyl groups is 1. The molecule has 290 valence electrons. The fraction of sp³-hybridized carbons (Fsp3) is 0.541. The average Bonchev–Trinajstić information content (AvgIpc) is 3.82. The second-order valence-corrected chi connectivity index (χ2v) is 14.7. The van der Waals surface area contributed by atoms with E-state index in [0.29, 0.717) is 35.0 Å². The predicted octanol–water partition coefficient (Wildman–Crippen LogP) is 1.94. The molecule has 2 unspecified atom stereocenters. The highest BCUT2D eigenvalue weighted by atomic mass is 16.4. The minimum Gasteiger partial charge on any atom is -0.465 e. The van der Waals surface area contributed by atoms with Crippen LogP contribution in [0.15, 0.2) is 42.7 Å². The molecule has 1 aliphatic heterocycles. The molecule has 1 aliphatic carbocycles. The van der Waals surface area contributed by atoms with Gasteiger partial charge in [-0.25, -0.2) is 9.48 Å². The lowest BCUT2D eigenvalue weighted by atomic mass is 9.84. The molecule has 2 aromatic heterocycles. The third-order valence-corrected chi connectivity index (χ3v) is 10.3. The summed E-state index contributed by atoms with van der Waals surface area (Å²) in [5, 5.41) is 36.4. The minimum atomic E-state index is -1.36. The van der Waals surface area contributed by atoms with E-state index in [2.05, 4.69) is 31.2 Å². The number of aromatic nitrogens is 4. The van der Waals surface area contributed by atoms with Crippen molar-refractivity contribution in [1.82, 2.24) is 40.8 Å². The van der Waals surface area contributed by atoms with Crippen LogP contribution in [0.2, 0.25) is 0 Å². The topological polar surface area (TPSA) is 252 Å². The number of pyridine rings is 1. The van der Waals surface area contributed by atoms with Gasteiger partial charge < -0.3 is 36.8 Å². The highest BCUT2D eigenvalue weighted by Gasteiger charge is 2.45. The number of carbonyl (C=O) groups is 6. The normalized spacial score (nSPS) is 18.8. The van der Waals surface area contributed by atoms with Crippen LogP contribution in [0.4, 0.5) is 4.79 Å². The van der Waals surface area contributed by atoms with Crippen molar-refractivity contribution in [2.24, 2.45) is 11.7 Å². The summed E-state index contributed by atoms with van der Waals surface area (Å²) in [5.74, 6) is -3.82. The average molecular weight is 748 g/mol. The largest absolute Gasteiger partial charge is 0.465 e. The van der Waals surface area contributed by atoms with Crippen molar-refractivity contribution in [3.8, 4) is 0 Å². The summed E-state index contributed by atoms with van der Waals surface area (Å²) in [6.45, 7) is 3.19. The number of para-hydroxylation sites is 1. The molecular weight excluding hydrogens is 698 g/mol. The van der Waals surface area contributed by atoms with Crippen molar-refractivity contribution in [3.63, 3.8) is 0 Å². The molecule has 1 saturated heterocycles. The standard InChI is InChI=1S/C37H49N9O8/c1-37(2,54)30-20-41-44-46(30)23-19-29(34(50)42-27(31(47)32(38)48)14-8-9-16-40-36(52)53)45(21-23)35(51)28(18-22-10-4-3-5-11-22)43-33(49)25-15-17-39-26-13-7-6-12-24(25)26/h6-7,12-13,15,17,20,22-23,27-29,40,54H,3-5,8-11,14,16,18-19,21H2,1-2H3,(H2,38,48)(H,42,50)(H,43,49)(H,52,53)/t23-,27?,28?,29-/m0/s1. The lowest BCUT2D eigenvalue weighted by molar-refractivity contribution is -0.142. The molecule has 2 fully saturated rings. The van der Waals surface area contributed by atoms with Gasteiger partial charge in [0, 0.05) is 31.1 Å². The number of unbranched alkanes of at least 4 members (excludes halogenated alkanes) is 1. The van der Waals surface area contributed by atoms with Crippen molar-refractivity contribution in [2.75, 3.05) is 13.1 Å². The fourth-order valence-corrected chi connectivity index (χ4v) is 7.52. The molecule has 54 heavy (non-hydrogen) atoms. The van der Waals surface area contributed by atoms with Crippen molar-refractivity contribution < 1.29 is 39.0 Å². The fourth-order valence-electron chi connectivity index (χ4n) is 7.52. The van der Waals surface area contributed by atoms with E-state index in [4.69, 9.17) is 10.8 Å². The summed E-state index contributed by atoms with van der Waals surface area (Å²) in [7, 11) is 0. The third kappa shape index (κ3) is 9.75. The summed E-state index contributed by atoms with van der Waals surface area (Å²) in [5.41, 5.74) is 5.29. The molecule has 1 aromatic carbocycles. The van der Waals surface area contributed by atoms with Gasteiger partial charge in [-0.15, -0.1) is 5.10 Å². The van der Waals surface area contributed by atoms with E-state index in [0.717, 1.165) is 32.1 Å². The van der Waals surface area contributed by atoms with Gasteiger partial charge in [0.2, 0.25) is 17.6 Å². The number of carboxylic acid groups (broad SMARTS) is 1. The first-order valence-corrected chi connectivity index (χ1v) is 18.4. The van der Waals surface area contributed by atoms with Gasteiger partial charge in [0.1, 0.15) is 17.7 Å². The molecule has 0 radical (unpaired) electrons. The molecule has 2 aliphatic rings. The number of likely N-dealkylation sites (tertiary alicyclic amines) is 1. The lowest BCUT2D eigenvalue weighted by Crippen LogP contribution is -2.56. The number of Topliss-reactive ketones (excluding diaryl/α,β-unsaturated/α-hetero) is 1. The zero-order valence-corrected chi connectivity index (χ0v) is 30.6. The number of nitrogens with two attached hydrogens (primary N) is 1. The molecule has 17 heteroatoms. The molecule has 5 amide bonds. The summed E-state index contributed by atoms with van der Waals surface area (Å²) in [6.07, 6.45) is 7.53. The smallest absolute Gasteiger partial charge is 0.404 e. The quantitative estimate of drug-likeness (QED) is 0.0912. The first-order chi connectivity index (χ1) is 25.7. The van der Waals surface area contributed by atoms with Crippen LogP contribution in [0.5, 0.6) is 0 Å². The molecule has 17 nitrogen and oxygen atoms in total. The van der Waals surface area contributed by atoms with E-state index < -0.39 is 65.3 Å². The van der Waals surface area contributed by atoms with E-state index in [1.807, 2.05) is 6.07 Å². The maximum atomic E-state index is 14.8. The number of fused-ring (bicyclic) bond motifs is 1. The van der Waals surface area contributed by atoms with Crippen molar-refractivity contribution in [2.45, 2.75) is 108 Å². The van der Waals surface area contributed by atoms with Crippen molar-refractivity contribution in [3.05, 3.63) is 54.0 Å². The van der Waals surface area contributed by atoms with E-state index >= 15 is 0 Å². The third-order valence-electron chi connectivity index (χ3n) is 10.3. The zero-order chi connectivity index (χ0) is 39.0. The first kappa shape index (κ1) is 39.8. The van der Waals surface area contributed by atoms with Crippen LogP contribution >= 0.6 is 0 Å². The first-order valence-electron chi connectivity index (χ1n) is 18.4. The monoisotopic (exact) mass is 747 g/mol. The number of hydrogen-bond donors (Lipinski definition) is 6. The Morgan fingerprint density at radius 1 is 1.00 bits per heavy atom. The Morgan fingerprint density at radius 3 is 2.44 bits per heavy atom. The number of benzene rings is 1. The number of ketones is 1. The Labute approximate surface area is 312 Å². The summed E-state index contributed by atoms with van der Waals surface area (Å²) in [4.78, 5) is 84.4. The van der Waals surface area contributed by atoms with Gasteiger partial charge in [0.05, 0.1) is 35.1 Å². The van der Waals surface area contributed by atoms with Crippen molar-refractivity contribution in [1.29, 1.82) is 0 Å². The number of hydrogen-bond acceptors (Lipinski definition) is 10. The van der Waals surface area contributed by atoms with Gasteiger partial charge in [-0.2, -0.15) is 0 Å². The van der Waals surface area contributed by atoms with E-state index in [9.17, 15) is 33.9 Å². The molecule has 5 rings (SSSR count). The Morgan fingerprint density at radius 2 is 1.74 bits per heavy atom. The molecule has 0 spiro atoms. The molecule has 4 atom stereocenters. The number of nitrogens with one attached hydrogen (secondary N) is 3. The van der Waals surface area contributed by atoms with Gasteiger partial charge >= 0.3 is 6.09 Å². The zero-order valence-electron chi connectivity index (χ0n) is 30.6. The van der Waals surface area contributed by atoms with Gasteiger partial charge in [-0.05, 0) is 57.6 Å². The number of carbonyl (C=O) groups excluding carboxylic acids is 5. The Hall–Kier alpha value is -5.45. The Kier molecular flexibility index (Phi) is 12.9. The molecule has 0 bridgehead atoms. The van der Waals surface area contributed by atoms with Crippen LogP contribution in [-0.4, -0.2) is 102 Å². The van der Waals surface area contributed by atoms with Gasteiger partial charge in [-0.3, -0.25) is 29.0 Å². The van der Waals surface area contributed by atoms with E-state index in [-0.39, 0.29) is 38.3 Å². The maximum absolute atomic E-state index is 14.8. The summed E-state index contributed by atoms with van der Waals surface area (Å²) >= 11 is 0. The second kappa shape index (κ2) is 17.6. The predicted molar refractivity (Wildman–Crippen MR) is 195 cm³/mol. The summed E-state index contributed by atoms with van der Waals surface area (Å²) < 4.78 is 1.48. The number of rotatable bonds is 16. The van der Waals surface area contributed by atoms with Crippen LogP contribution in [-0.2, 0) is 24.8 Å². The van der Waals surface area contributed by atoms with Crippen LogP contribution in [0.3, 0.4) is 0 Å². The summed E-state index contributed by atoms with van der Waals surface area (Å²) in [6, 6.07) is 4.64. The van der Waals surface area contributed by atoms with Gasteiger partial charge in [0.15, 0.2) is 0 Å². The number of amides is 5. The Balaban J connectivity index is 1.45. The van der Waals surface area contributed by atoms with E-state index in [1.165, 1.54) is 22.0 Å². The van der Waals surface area contributed by atoms with Crippen molar-refractivity contribution >= 4 is 46.4 Å².